The van der Waals surface area contributed by atoms with E-state index in [0.717, 1.165) is 5.75 Å². The number of hydrogen-bond donors (Lipinski definition) is 0. The van der Waals surface area contributed by atoms with Crippen molar-refractivity contribution >= 4 is 11.7 Å². The summed E-state index contributed by atoms with van der Waals surface area (Å²) in [7, 11) is 6.74. The lowest BCUT2D eigenvalue weighted by atomic mass is 10.3. The summed E-state index contributed by atoms with van der Waals surface area (Å²) in [6.07, 6.45) is 3.20. The molecule has 0 radical (unpaired) electrons. The van der Waals surface area contributed by atoms with Gasteiger partial charge in [-0.1, -0.05) is 0 Å². The largest absolute Gasteiger partial charge is 0.497 e. The monoisotopic (exact) mass is 360 g/mol. The lowest BCUT2D eigenvalue weighted by Gasteiger charge is -2.22. The van der Waals surface area contributed by atoms with E-state index in [2.05, 4.69) is 9.97 Å². The second-order valence-electron chi connectivity index (χ2n) is 5.66. The van der Waals surface area contributed by atoms with Gasteiger partial charge in [0, 0.05) is 34.3 Å². The first-order chi connectivity index (χ1) is 12.5. The Kier molecular flexibility index (Phi) is 7.16. The van der Waals surface area contributed by atoms with E-state index in [1.54, 1.807) is 43.6 Å². The van der Waals surface area contributed by atoms with Gasteiger partial charge in [-0.15, -0.1) is 0 Å². The van der Waals surface area contributed by atoms with Crippen LogP contribution in [0.5, 0.6) is 17.4 Å². The van der Waals surface area contributed by atoms with Crippen molar-refractivity contribution in [2.45, 2.75) is 0 Å². The molecule has 26 heavy (non-hydrogen) atoms. The van der Waals surface area contributed by atoms with Gasteiger partial charge in [-0.2, -0.15) is 4.98 Å². The third kappa shape index (κ3) is 5.59. The normalized spacial score (nSPS) is 10.3. The van der Waals surface area contributed by atoms with Crippen LogP contribution in [0.2, 0.25) is 0 Å². The second kappa shape index (κ2) is 9.57. The summed E-state index contributed by atoms with van der Waals surface area (Å²) >= 11 is 0. The van der Waals surface area contributed by atoms with Crippen molar-refractivity contribution in [2.24, 2.45) is 0 Å². The molecule has 2 aromatic rings. The molecule has 8 heteroatoms. The van der Waals surface area contributed by atoms with Crippen molar-refractivity contribution in [3.63, 3.8) is 0 Å². The number of anilines is 1. The van der Waals surface area contributed by atoms with E-state index in [1.807, 2.05) is 24.1 Å². The second-order valence-corrected chi connectivity index (χ2v) is 5.66. The summed E-state index contributed by atoms with van der Waals surface area (Å²) in [5.41, 5.74) is 0. The van der Waals surface area contributed by atoms with Gasteiger partial charge in [0.25, 0.3) is 0 Å². The van der Waals surface area contributed by atoms with Crippen LogP contribution in [-0.2, 0) is 9.53 Å². The van der Waals surface area contributed by atoms with Gasteiger partial charge in [0.05, 0.1) is 19.5 Å². The summed E-state index contributed by atoms with van der Waals surface area (Å²) in [4.78, 5) is 23.9. The average molecular weight is 360 g/mol. The van der Waals surface area contributed by atoms with E-state index in [0.29, 0.717) is 30.5 Å². The minimum Gasteiger partial charge on any atom is -0.497 e. The summed E-state index contributed by atoms with van der Waals surface area (Å²) in [6, 6.07) is 7.22. The van der Waals surface area contributed by atoms with Crippen LogP contribution < -0.4 is 14.4 Å². The van der Waals surface area contributed by atoms with Gasteiger partial charge >= 0.3 is 0 Å². The molecule has 0 aliphatic rings. The fourth-order valence-corrected chi connectivity index (χ4v) is 2.11. The fraction of sp³-hybridized carbons (Fsp3) is 0.389. The number of hydrogen-bond acceptors (Lipinski definition) is 7. The SMILES string of the molecule is COCC(=O)N(C)CCN(C)c1cncc(Oc2ccc(OC)cc2)n1. The van der Waals surface area contributed by atoms with Gasteiger partial charge in [-0.05, 0) is 24.3 Å². The maximum atomic E-state index is 11.7. The van der Waals surface area contributed by atoms with Crippen molar-refractivity contribution in [3.05, 3.63) is 36.7 Å². The van der Waals surface area contributed by atoms with E-state index in [4.69, 9.17) is 14.2 Å². The lowest BCUT2D eigenvalue weighted by molar-refractivity contribution is -0.133. The molecule has 2 rings (SSSR count). The molecule has 140 valence electrons. The number of aromatic nitrogens is 2. The van der Waals surface area contributed by atoms with Crippen molar-refractivity contribution in [2.75, 3.05) is 52.9 Å². The summed E-state index contributed by atoms with van der Waals surface area (Å²) in [6.45, 7) is 1.22. The smallest absolute Gasteiger partial charge is 0.248 e. The maximum Gasteiger partial charge on any atom is 0.248 e. The highest BCUT2D eigenvalue weighted by atomic mass is 16.5. The van der Waals surface area contributed by atoms with Gasteiger partial charge in [0.2, 0.25) is 11.8 Å². The van der Waals surface area contributed by atoms with Crippen molar-refractivity contribution in [1.29, 1.82) is 0 Å². The molecule has 1 aromatic carbocycles. The quantitative estimate of drug-likeness (QED) is 0.675. The van der Waals surface area contributed by atoms with E-state index < -0.39 is 0 Å². The van der Waals surface area contributed by atoms with Gasteiger partial charge in [-0.25, -0.2) is 0 Å². The molecular formula is C18H24N4O4. The van der Waals surface area contributed by atoms with Gasteiger partial charge in [0.15, 0.2) is 5.82 Å². The molecule has 0 saturated heterocycles. The Balaban J connectivity index is 1.95. The molecule has 1 aromatic heterocycles. The van der Waals surface area contributed by atoms with E-state index in [9.17, 15) is 4.79 Å². The molecule has 0 atom stereocenters. The van der Waals surface area contributed by atoms with Gasteiger partial charge < -0.3 is 24.0 Å². The van der Waals surface area contributed by atoms with Gasteiger partial charge in [-0.3, -0.25) is 9.78 Å². The molecule has 1 heterocycles. The Hall–Kier alpha value is -2.87. The maximum absolute atomic E-state index is 11.7. The lowest BCUT2D eigenvalue weighted by Crippen LogP contribution is -2.36. The number of carbonyl (C=O) groups is 1. The molecule has 0 unspecified atom stereocenters. The summed E-state index contributed by atoms with van der Waals surface area (Å²) in [5, 5.41) is 0. The number of ether oxygens (including phenoxy) is 3. The molecule has 0 spiro atoms. The first-order valence-corrected chi connectivity index (χ1v) is 8.11. The number of methoxy groups -OCH3 is 2. The van der Waals surface area contributed by atoms with Crippen molar-refractivity contribution in [3.8, 4) is 17.4 Å². The number of nitrogens with zero attached hydrogens (tertiary/aromatic N) is 4. The minimum absolute atomic E-state index is 0.0661. The molecule has 0 aliphatic carbocycles. The van der Waals surface area contributed by atoms with Crippen LogP contribution in [0.4, 0.5) is 5.82 Å². The number of rotatable bonds is 9. The highest BCUT2D eigenvalue weighted by Gasteiger charge is 2.11. The molecule has 1 amide bonds. The number of amides is 1. The zero-order valence-corrected chi connectivity index (χ0v) is 15.5. The van der Waals surface area contributed by atoms with Crippen molar-refractivity contribution in [1.82, 2.24) is 14.9 Å². The Morgan fingerprint density at radius 3 is 2.38 bits per heavy atom. The Bertz CT molecular complexity index is 709. The molecule has 0 N–H and O–H groups in total. The molecule has 0 fully saturated rings. The highest BCUT2D eigenvalue weighted by molar-refractivity contribution is 5.77. The van der Waals surface area contributed by atoms with Crippen LogP contribution in [0.1, 0.15) is 0 Å². The molecule has 8 nitrogen and oxygen atoms in total. The first kappa shape index (κ1) is 19.5. The third-order valence-electron chi connectivity index (χ3n) is 3.74. The zero-order valence-electron chi connectivity index (χ0n) is 15.5. The first-order valence-electron chi connectivity index (χ1n) is 8.11. The van der Waals surface area contributed by atoms with Crippen LogP contribution in [0.25, 0.3) is 0 Å². The van der Waals surface area contributed by atoms with E-state index >= 15 is 0 Å². The number of carbonyl (C=O) groups excluding carboxylic acids is 1. The van der Waals surface area contributed by atoms with Crippen LogP contribution in [0.3, 0.4) is 0 Å². The Morgan fingerprint density at radius 2 is 1.73 bits per heavy atom. The summed E-state index contributed by atoms with van der Waals surface area (Å²) in [5.74, 6) is 2.38. The van der Waals surface area contributed by atoms with Gasteiger partial charge in [0.1, 0.15) is 18.1 Å². The van der Waals surface area contributed by atoms with Crippen LogP contribution in [-0.4, -0.2) is 68.8 Å². The number of benzene rings is 1. The molecular weight excluding hydrogens is 336 g/mol. The Labute approximate surface area is 153 Å². The molecule has 0 aliphatic heterocycles. The molecule has 0 bridgehead atoms. The predicted octanol–water partition coefficient (Wildman–Crippen LogP) is 1.82. The third-order valence-corrected chi connectivity index (χ3v) is 3.74. The van der Waals surface area contributed by atoms with Crippen molar-refractivity contribution < 1.29 is 19.0 Å². The highest BCUT2D eigenvalue weighted by Crippen LogP contribution is 2.23. The standard InChI is InChI=1S/C18H24N4O4/c1-21(9-10-22(2)18(23)13-24-3)16-11-19-12-17(20-16)26-15-7-5-14(25-4)6-8-15/h5-8,11-12H,9-10,13H2,1-4H3. The summed E-state index contributed by atoms with van der Waals surface area (Å²) < 4.78 is 15.7. The van der Waals surface area contributed by atoms with E-state index in [-0.39, 0.29) is 12.5 Å². The predicted molar refractivity (Wildman–Crippen MR) is 97.9 cm³/mol. The Morgan fingerprint density at radius 1 is 1.04 bits per heavy atom. The zero-order chi connectivity index (χ0) is 18.9. The topological polar surface area (TPSA) is 77.0 Å². The average Bonchev–Trinajstić information content (AvgIpc) is 2.66. The van der Waals surface area contributed by atoms with E-state index in [1.165, 1.54) is 7.11 Å². The molecule has 0 saturated carbocycles. The van der Waals surface area contributed by atoms with Crippen LogP contribution >= 0.6 is 0 Å². The minimum atomic E-state index is -0.0661. The number of likely N-dealkylation sites (N-methyl/N-ethyl adjacent to an activating group) is 2. The van der Waals surface area contributed by atoms with Crippen LogP contribution in [0.15, 0.2) is 36.7 Å². The fourth-order valence-electron chi connectivity index (χ4n) is 2.11. The van der Waals surface area contributed by atoms with Crippen LogP contribution in [0, 0.1) is 0 Å².